The molecule has 0 heterocycles. The van der Waals surface area contributed by atoms with E-state index in [0.29, 0.717) is 6.42 Å². The number of allylic oxidation sites excluding steroid dienone is 9. The minimum atomic E-state index is -2.23. The van der Waals surface area contributed by atoms with E-state index in [2.05, 4.69) is 60.3 Å². The van der Waals surface area contributed by atoms with Crippen LogP contribution in [0.3, 0.4) is 0 Å². The van der Waals surface area contributed by atoms with E-state index in [1.54, 1.807) is 0 Å². The van der Waals surface area contributed by atoms with Crippen molar-refractivity contribution >= 4 is 5.97 Å². The molecule has 1 atom stereocenters. The maximum absolute atomic E-state index is 12.6. The van der Waals surface area contributed by atoms with Gasteiger partial charge in [0.1, 0.15) is 0 Å². The number of carboxylic acid groups (broad SMARTS) is 1. The molecule has 4 heteroatoms. The lowest BCUT2D eigenvalue weighted by Gasteiger charge is -2.02. The molecule has 0 saturated carbocycles. The topological polar surface area (TPSA) is 46.5 Å². The van der Waals surface area contributed by atoms with Crippen molar-refractivity contribution in [3.05, 3.63) is 60.8 Å². The number of hydrogen-bond donors (Lipinski definition) is 1. The fraction of sp³-hybridized carbons (Fsp3) is 0.450. The van der Waals surface area contributed by atoms with Crippen molar-refractivity contribution in [2.45, 2.75) is 51.8 Å². The number of ether oxygens (including phenoxy) is 1. The molecule has 0 aromatic rings. The van der Waals surface area contributed by atoms with E-state index >= 15 is 0 Å². The van der Waals surface area contributed by atoms with Crippen LogP contribution in [0.1, 0.15) is 45.4 Å². The van der Waals surface area contributed by atoms with E-state index in [4.69, 9.17) is 5.11 Å². The van der Waals surface area contributed by atoms with E-state index in [1.807, 2.05) is 12.2 Å². The first-order chi connectivity index (χ1) is 11.7. The van der Waals surface area contributed by atoms with Gasteiger partial charge >= 0.3 is 5.97 Å². The predicted octanol–water partition coefficient (Wildman–Crippen LogP) is 5.52. The largest absolute Gasteiger partial charge is 0.477 e. The molecule has 0 aromatic carbocycles. The molecular weight excluding hydrogens is 307 g/mol. The van der Waals surface area contributed by atoms with Gasteiger partial charge in [-0.25, -0.2) is 9.18 Å². The van der Waals surface area contributed by atoms with Gasteiger partial charge in [-0.3, -0.25) is 0 Å². The normalized spacial score (nSPS) is 14.1. The fourth-order valence-corrected chi connectivity index (χ4v) is 1.68. The molecule has 0 amide bonds. The lowest BCUT2D eigenvalue weighted by Crippen LogP contribution is -2.18. The van der Waals surface area contributed by atoms with Crippen LogP contribution in [0.25, 0.3) is 0 Å². The van der Waals surface area contributed by atoms with Crippen LogP contribution in [0.15, 0.2) is 60.8 Å². The van der Waals surface area contributed by atoms with Crippen LogP contribution >= 0.6 is 0 Å². The Balaban J connectivity index is 3.51. The van der Waals surface area contributed by atoms with Gasteiger partial charge in [0.15, 0.2) is 0 Å². The standard InChI is InChI=1S/C20H29FO3/c1-2-3-4-5-6-7-8-9-10-11-12-13-14-15-16-17-18-24-19(21)20(22)23/h3-4,6-7,9-10,12-13,15-16,19H,2,5,8,11,14,17-18H2,1H3,(H,22,23)/b4-3-,7-6-,10-9-,13-12-,16-15-. The molecule has 1 unspecified atom stereocenters. The van der Waals surface area contributed by atoms with Gasteiger partial charge in [-0.05, 0) is 38.5 Å². The summed E-state index contributed by atoms with van der Waals surface area (Å²) in [4.78, 5) is 10.2. The second-order valence-corrected chi connectivity index (χ2v) is 5.02. The van der Waals surface area contributed by atoms with E-state index in [9.17, 15) is 9.18 Å². The zero-order valence-corrected chi connectivity index (χ0v) is 14.4. The minimum absolute atomic E-state index is 0.0676. The lowest BCUT2D eigenvalue weighted by molar-refractivity contribution is -0.162. The summed E-state index contributed by atoms with van der Waals surface area (Å²) in [7, 11) is 0. The molecule has 0 rings (SSSR count). The highest BCUT2D eigenvalue weighted by Gasteiger charge is 2.14. The number of hydrogen-bond acceptors (Lipinski definition) is 2. The molecule has 0 saturated heterocycles. The second kappa shape index (κ2) is 17.4. The van der Waals surface area contributed by atoms with Crippen molar-refractivity contribution < 1.29 is 19.0 Å². The Hall–Kier alpha value is -1.94. The Morgan fingerprint density at radius 2 is 1.29 bits per heavy atom. The van der Waals surface area contributed by atoms with Gasteiger partial charge in [0, 0.05) is 0 Å². The minimum Gasteiger partial charge on any atom is -0.477 e. The van der Waals surface area contributed by atoms with Gasteiger partial charge in [-0.15, -0.1) is 0 Å². The summed E-state index contributed by atoms with van der Waals surface area (Å²) >= 11 is 0. The molecule has 0 spiro atoms. The number of carboxylic acids is 1. The molecule has 0 fully saturated rings. The Kier molecular flexibility index (Phi) is 16.0. The third kappa shape index (κ3) is 16.4. The van der Waals surface area contributed by atoms with E-state index in [0.717, 1.165) is 32.1 Å². The Labute approximate surface area is 144 Å². The molecule has 24 heavy (non-hydrogen) atoms. The predicted molar refractivity (Wildman–Crippen MR) is 97.6 cm³/mol. The smallest absolute Gasteiger partial charge is 0.366 e. The summed E-state index contributed by atoms with van der Waals surface area (Å²) in [6, 6.07) is 0. The molecule has 0 aliphatic rings. The highest BCUT2D eigenvalue weighted by atomic mass is 19.1. The number of carbonyl (C=O) groups is 1. The SMILES string of the molecule is CC/C=C\C/C=C\C/C=C\C/C=C\C/C=C\CCOC(F)C(=O)O. The Bertz CT molecular complexity index is 448. The average molecular weight is 336 g/mol. The van der Waals surface area contributed by atoms with Crippen molar-refractivity contribution in [1.29, 1.82) is 0 Å². The van der Waals surface area contributed by atoms with Crippen LogP contribution in [0.5, 0.6) is 0 Å². The first kappa shape index (κ1) is 22.1. The van der Waals surface area contributed by atoms with Gasteiger partial charge in [0.25, 0.3) is 6.36 Å². The van der Waals surface area contributed by atoms with Crippen molar-refractivity contribution in [3.8, 4) is 0 Å². The zero-order chi connectivity index (χ0) is 17.9. The molecular formula is C20H29FO3. The highest BCUT2D eigenvalue weighted by molar-refractivity contribution is 5.70. The first-order valence-corrected chi connectivity index (χ1v) is 8.42. The lowest BCUT2D eigenvalue weighted by atomic mass is 10.2. The van der Waals surface area contributed by atoms with Crippen LogP contribution in [0.4, 0.5) is 4.39 Å². The van der Waals surface area contributed by atoms with Gasteiger partial charge in [0.05, 0.1) is 6.61 Å². The van der Waals surface area contributed by atoms with Gasteiger partial charge in [-0.2, -0.15) is 0 Å². The van der Waals surface area contributed by atoms with Crippen LogP contribution in [0.2, 0.25) is 0 Å². The van der Waals surface area contributed by atoms with Crippen molar-refractivity contribution in [3.63, 3.8) is 0 Å². The monoisotopic (exact) mass is 336 g/mol. The van der Waals surface area contributed by atoms with Crippen molar-refractivity contribution in [2.75, 3.05) is 6.61 Å². The van der Waals surface area contributed by atoms with E-state index in [-0.39, 0.29) is 6.61 Å². The Morgan fingerprint density at radius 1 is 0.875 bits per heavy atom. The van der Waals surface area contributed by atoms with Crippen molar-refractivity contribution in [2.24, 2.45) is 0 Å². The highest BCUT2D eigenvalue weighted by Crippen LogP contribution is 1.98. The molecule has 0 aliphatic heterocycles. The number of halogens is 1. The Morgan fingerprint density at radius 3 is 1.71 bits per heavy atom. The molecule has 0 aliphatic carbocycles. The second-order valence-electron chi connectivity index (χ2n) is 5.02. The summed E-state index contributed by atoms with van der Waals surface area (Å²) in [6.45, 7) is 2.20. The summed E-state index contributed by atoms with van der Waals surface area (Å²) in [5, 5.41) is 8.28. The third-order valence-corrected chi connectivity index (χ3v) is 2.90. The number of aliphatic carboxylic acids is 1. The van der Waals surface area contributed by atoms with Crippen LogP contribution in [-0.2, 0) is 9.53 Å². The third-order valence-electron chi connectivity index (χ3n) is 2.90. The molecule has 3 nitrogen and oxygen atoms in total. The maximum Gasteiger partial charge on any atom is 0.366 e. The van der Waals surface area contributed by atoms with Gasteiger partial charge < -0.3 is 9.84 Å². The maximum atomic E-state index is 12.6. The van der Waals surface area contributed by atoms with Gasteiger partial charge in [0.2, 0.25) is 0 Å². The molecule has 1 N–H and O–H groups in total. The van der Waals surface area contributed by atoms with E-state index < -0.39 is 12.3 Å². The fourth-order valence-electron chi connectivity index (χ4n) is 1.68. The van der Waals surface area contributed by atoms with E-state index in [1.165, 1.54) is 0 Å². The summed E-state index contributed by atoms with van der Waals surface area (Å²) < 4.78 is 17.0. The molecule has 134 valence electrons. The molecule has 0 aromatic heterocycles. The summed E-state index contributed by atoms with van der Waals surface area (Å²) in [5.74, 6) is -1.58. The number of rotatable bonds is 14. The quantitative estimate of drug-likeness (QED) is 0.335. The van der Waals surface area contributed by atoms with Crippen LogP contribution in [-0.4, -0.2) is 24.0 Å². The molecule has 0 bridgehead atoms. The molecule has 0 radical (unpaired) electrons. The average Bonchev–Trinajstić information content (AvgIpc) is 2.57. The van der Waals surface area contributed by atoms with Crippen LogP contribution in [0, 0.1) is 0 Å². The summed E-state index contributed by atoms with van der Waals surface area (Å²) in [6.07, 6.45) is 23.9. The zero-order valence-electron chi connectivity index (χ0n) is 14.4. The van der Waals surface area contributed by atoms with Gasteiger partial charge in [-0.1, -0.05) is 67.7 Å². The van der Waals surface area contributed by atoms with Crippen molar-refractivity contribution in [1.82, 2.24) is 0 Å². The summed E-state index contributed by atoms with van der Waals surface area (Å²) in [5.41, 5.74) is 0. The number of alkyl halides is 1. The van der Waals surface area contributed by atoms with Crippen LogP contribution < -0.4 is 0 Å². The first-order valence-electron chi connectivity index (χ1n) is 8.42.